The lowest BCUT2D eigenvalue weighted by Gasteiger charge is -1.87. The first-order valence-corrected chi connectivity index (χ1v) is 5.91. The molecule has 0 heterocycles. The van der Waals surface area contributed by atoms with Crippen molar-refractivity contribution in [1.82, 2.24) is 0 Å². The van der Waals surface area contributed by atoms with E-state index in [0.29, 0.717) is 0 Å². The van der Waals surface area contributed by atoms with Crippen molar-refractivity contribution in [3.05, 3.63) is 84.5 Å². The molecule has 2 nitrogen and oxygen atoms in total. The van der Waals surface area contributed by atoms with E-state index < -0.39 is 0 Å². The fraction of sp³-hybridized carbons (Fsp3) is 0. The molecule has 19 heavy (non-hydrogen) atoms. The number of para-hydroxylation sites is 1. The number of rotatable bonds is 2. The van der Waals surface area contributed by atoms with E-state index in [1.54, 1.807) is 6.08 Å². The number of nitrogen functional groups attached to an aromatic ring is 1. The van der Waals surface area contributed by atoms with Gasteiger partial charge in [-0.05, 0) is 17.7 Å². The molecule has 0 spiro atoms. The molecular formula is C17H16N2. The van der Waals surface area contributed by atoms with Gasteiger partial charge in [-0.1, -0.05) is 66.8 Å². The molecule has 0 amide bonds. The second kappa shape index (κ2) is 9.26. The molecule has 0 saturated carbocycles. The molecule has 0 atom stereocenters. The Morgan fingerprint density at radius 2 is 1.42 bits per heavy atom. The van der Waals surface area contributed by atoms with Crippen LogP contribution in [0.15, 0.2) is 78.9 Å². The van der Waals surface area contributed by atoms with Gasteiger partial charge in [0.15, 0.2) is 0 Å². The van der Waals surface area contributed by atoms with Gasteiger partial charge >= 0.3 is 0 Å². The fourth-order valence-electron chi connectivity index (χ4n) is 1.28. The maximum absolute atomic E-state index is 8.19. The van der Waals surface area contributed by atoms with E-state index in [1.807, 2.05) is 78.9 Å². The number of nitriles is 1. The Labute approximate surface area is 114 Å². The summed E-state index contributed by atoms with van der Waals surface area (Å²) in [5.41, 5.74) is 7.32. The Hall–Kier alpha value is -2.79. The molecule has 0 aliphatic heterocycles. The number of hydrogen-bond donors (Lipinski definition) is 1. The second-order valence-corrected chi connectivity index (χ2v) is 3.67. The third-order valence-corrected chi connectivity index (χ3v) is 2.17. The minimum atomic E-state index is 0.822. The maximum atomic E-state index is 8.19. The summed E-state index contributed by atoms with van der Waals surface area (Å²) in [7, 11) is 0. The van der Waals surface area contributed by atoms with E-state index in [1.165, 1.54) is 6.08 Å². The summed E-state index contributed by atoms with van der Waals surface area (Å²) in [5, 5.41) is 8.19. The topological polar surface area (TPSA) is 49.8 Å². The quantitative estimate of drug-likeness (QED) is 0.495. The Morgan fingerprint density at radius 1 is 0.842 bits per heavy atom. The van der Waals surface area contributed by atoms with Gasteiger partial charge in [0, 0.05) is 11.8 Å². The largest absolute Gasteiger partial charge is 0.399 e. The van der Waals surface area contributed by atoms with Crippen molar-refractivity contribution in [1.29, 1.82) is 5.26 Å². The molecule has 2 aromatic rings. The van der Waals surface area contributed by atoms with E-state index in [4.69, 9.17) is 11.0 Å². The summed E-state index contributed by atoms with van der Waals surface area (Å²) in [6.45, 7) is 0. The predicted molar refractivity (Wildman–Crippen MR) is 81.1 cm³/mol. The molecule has 0 saturated heterocycles. The maximum Gasteiger partial charge on any atom is 0.0912 e. The Bertz CT molecular complexity index is 549. The van der Waals surface area contributed by atoms with Crippen LogP contribution in [0.2, 0.25) is 0 Å². The van der Waals surface area contributed by atoms with Crippen LogP contribution in [0.1, 0.15) is 5.56 Å². The number of anilines is 1. The minimum absolute atomic E-state index is 0.822. The number of nitrogens with two attached hydrogens (primary N) is 1. The third kappa shape index (κ3) is 7.19. The van der Waals surface area contributed by atoms with Crippen LogP contribution in [0.3, 0.4) is 0 Å². The van der Waals surface area contributed by atoms with E-state index in [2.05, 4.69) is 0 Å². The van der Waals surface area contributed by atoms with Crippen molar-refractivity contribution in [2.45, 2.75) is 0 Å². The molecule has 94 valence electrons. The summed E-state index contributed by atoms with van der Waals surface area (Å²) in [5.74, 6) is 0. The highest BCUT2D eigenvalue weighted by Gasteiger charge is 1.78. The van der Waals surface area contributed by atoms with Crippen LogP contribution in [-0.4, -0.2) is 0 Å². The van der Waals surface area contributed by atoms with Crippen LogP contribution in [0.25, 0.3) is 6.08 Å². The molecule has 0 aliphatic carbocycles. The molecule has 2 rings (SSSR count). The number of allylic oxidation sites excluding steroid dienone is 3. The van der Waals surface area contributed by atoms with Crippen LogP contribution in [0, 0.1) is 11.3 Å². The van der Waals surface area contributed by atoms with Gasteiger partial charge in [0.2, 0.25) is 0 Å². The normalized spacial score (nSPS) is 9.84. The van der Waals surface area contributed by atoms with Crippen molar-refractivity contribution in [2.24, 2.45) is 0 Å². The van der Waals surface area contributed by atoms with E-state index >= 15 is 0 Å². The molecule has 0 fully saturated rings. The van der Waals surface area contributed by atoms with Crippen LogP contribution in [0.5, 0.6) is 0 Å². The monoisotopic (exact) mass is 248 g/mol. The molecule has 0 bridgehead atoms. The van der Waals surface area contributed by atoms with Crippen LogP contribution in [-0.2, 0) is 0 Å². The minimum Gasteiger partial charge on any atom is -0.399 e. The Balaban J connectivity index is 0.000000218. The van der Waals surface area contributed by atoms with Gasteiger partial charge in [-0.2, -0.15) is 5.26 Å². The number of benzene rings is 2. The van der Waals surface area contributed by atoms with Gasteiger partial charge in [0.25, 0.3) is 0 Å². The van der Waals surface area contributed by atoms with Crippen molar-refractivity contribution in [3.63, 3.8) is 0 Å². The Kier molecular flexibility index (Phi) is 6.96. The molecule has 2 aromatic carbocycles. The van der Waals surface area contributed by atoms with E-state index in [-0.39, 0.29) is 0 Å². The predicted octanol–water partition coefficient (Wildman–Crippen LogP) is 4.05. The lowest BCUT2D eigenvalue weighted by Crippen LogP contribution is -1.79. The van der Waals surface area contributed by atoms with Crippen LogP contribution < -0.4 is 5.73 Å². The molecule has 0 radical (unpaired) electrons. The molecular weight excluding hydrogens is 232 g/mol. The molecule has 0 aliphatic rings. The van der Waals surface area contributed by atoms with Crippen LogP contribution >= 0.6 is 0 Å². The fourth-order valence-corrected chi connectivity index (χ4v) is 1.28. The molecule has 2 heteroatoms. The molecule has 0 aromatic heterocycles. The SMILES string of the molecule is N#CC=CC=Cc1ccccc1.Nc1ccccc1. The van der Waals surface area contributed by atoms with Gasteiger partial charge in [-0.15, -0.1) is 0 Å². The highest BCUT2D eigenvalue weighted by atomic mass is 14.5. The standard InChI is InChI=1S/C11H9N.C6H7N/c12-10-6-2-5-9-11-7-3-1-4-8-11;7-6-4-2-1-3-5-6/h1-9H;1-5H,7H2. The van der Waals surface area contributed by atoms with Gasteiger partial charge < -0.3 is 5.73 Å². The molecule has 0 unspecified atom stereocenters. The summed E-state index contributed by atoms with van der Waals surface area (Å²) in [6.07, 6.45) is 6.96. The molecule has 2 N–H and O–H groups in total. The first kappa shape index (κ1) is 14.3. The second-order valence-electron chi connectivity index (χ2n) is 3.67. The lowest BCUT2D eigenvalue weighted by atomic mass is 10.2. The number of hydrogen-bond acceptors (Lipinski definition) is 2. The average molecular weight is 248 g/mol. The zero-order valence-electron chi connectivity index (χ0n) is 10.6. The van der Waals surface area contributed by atoms with Gasteiger partial charge in [0.05, 0.1) is 6.07 Å². The summed E-state index contributed by atoms with van der Waals surface area (Å²) < 4.78 is 0. The zero-order valence-corrected chi connectivity index (χ0v) is 10.6. The van der Waals surface area contributed by atoms with Crippen molar-refractivity contribution in [3.8, 4) is 6.07 Å². The number of nitrogens with zero attached hydrogens (tertiary/aromatic N) is 1. The highest BCUT2D eigenvalue weighted by molar-refractivity contribution is 5.50. The van der Waals surface area contributed by atoms with Crippen molar-refractivity contribution in [2.75, 3.05) is 5.73 Å². The van der Waals surface area contributed by atoms with Gasteiger partial charge in [0.1, 0.15) is 0 Å². The van der Waals surface area contributed by atoms with E-state index in [9.17, 15) is 0 Å². The summed E-state index contributed by atoms with van der Waals surface area (Å²) in [6, 6.07) is 21.4. The smallest absolute Gasteiger partial charge is 0.0912 e. The first-order chi connectivity index (χ1) is 9.33. The van der Waals surface area contributed by atoms with Crippen LogP contribution in [0.4, 0.5) is 5.69 Å². The average Bonchev–Trinajstić information content (AvgIpc) is 2.46. The summed E-state index contributed by atoms with van der Waals surface area (Å²) in [4.78, 5) is 0. The third-order valence-electron chi connectivity index (χ3n) is 2.17. The zero-order chi connectivity index (χ0) is 13.8. The van der Waals surface area contributed by atoms with Gasteiger partial charge in [-0.3, -0.25) is 0 Å². The summed E-state index contributed by atoms with van der Waals surface area (Å²) >= 11 is 0. The van der Waals surface area contributed by atoms with E-state index in [0.717, 1.165) is 11.3 Å². The van der Waals surface area contributed by atoms with Crippen molar-refractivity contribution >= 4 is 11.8 Å². The first-order valence-electron chi connectivity index (χ1n) is 5.91. The van der Waals surface area contributed by atoms with Crippen molar-refractivity contribution < 1.29 is 0 Å². The van der Waals surface area contributed by atoms with Gasteiger partial charge in [-0.25, -0.2) is 0 Å². The Morgan fingerprint density at radius 3 is 1.89 bits per heavy atom. The highest BCUT2D eigenvalue weighted by Crippen LogP contribution is 2.00. The lowest BCUT2D eigenvalue weighted by molar-refractivity contribution is 1.53.